The van der Waals surface area contributed by atoms with Crippen molar-refractivity contribution < 1.29 is 23.8 Å². The molecule has 2 aromatic heterocycles. The summed E-state index contributed by atoms with van der Waals surface area (Å²) in [7, 11) is 0. The van der Waals surface area contributed by atoms with Gasteiger partial charge in [0.05, 0.1) is 33.3 Å². The van der Waals surface area contributed by atoms with Crippen LogP contribution < -0.4 is 9.64 Å². The Morgan fingerprint density at radius 1 is 1.20 bits per heavy atom. The molecule has 1 amide bonds. The Hall–Kier alpha value is -3.56. The third-order valence-corrected chi connectivity index (χ3v) is 7.57. The molecule has 0 bridgehead atoms. The van der Waals surface area contributed by atoms with Gasteiger partial charge in [-0.05, 0) is 53.8 Å². The van der Waals surface area contributed by atoms with Crippen LogP contribution in [0.3, 0.4) is 0 Å². The minimum absolute atomic E-state index is 0.0198. The molecule has 0 radical (unpaired) electrons. The molecular weight excluding hydrogens is 487 g/mol. The van der Waals surface area contributed by atoms with Gasteiger partial charge in [-0.3, -0.25) is 14.5 Å². The van der Waals surface area contributed by atoms with Crippen molar-refractivity contribution in [1.29, 1.82) is 0 Å². The van der Waals surface area contributed by atoms with Crippen LogP contribution in [0.4, 0.5) is 9.52 Å². The predicted octanol–water partition coefficient (Wildman–Crippen LogP) is 6.46. The second kappa shape index (κ2) is 9.59. The van der Waals surface area contributed by atoms with Gasteiger partial charge in [0.2, 0.25) is 5.78 Å². The number of ketones is 1. The van der Waals surface area contributed by atoms with Gasteiger partial charge < -0.3 is 9.84 Å². The van der Waals surface area contributed by atoms with Crippen LogP contribution in [-0.2, 0) is 4.79 Å². The highest BCUT2D eigenvalue weighted by atomic mass is 32.1. The molecule has 1 aliphatic heterocycles. The number of hydrogen-bond acceptors (Lipinski definition) is 7. The third-order valence-electron chi connectivity index (χ3n) is 5.68. The van der Waals surface area contributed by atoms with Crippen molar-refractivity contribution in [3.8, 4) is 5.75 Å². The van der Waals surface area contributed by atoms with Crippen LogP contribution in [0.25, 0.3) is 10.2 Å². The maximum Gasteiger partial charge on any atom is 0.296 e. The highest BCUT2D eigenvalue weighted by Gasteiger charge is 2.46. The van der Waals surface area contributed by atoms with Crippen molar-refractivity contribution in [3.05, 3.63) is 87.6 Å². The number of rotatable bonds is 8. The second-order valence-electron chi connectivity index (χ2n) is 8.03. The number of anilines is 1. The summed E-state index contributed by atoms with van der Waals surface area (Å²) in [6, 6.07) is 13.8. The topological polar surface area (TPSA) is 79.7 Å². The number of carbonyl (C=O) groups is 2. The number of nitrogens with zero attached hydrogens (tertiary/aromatic N) is 2. The molecule has 35 heavy (non-hydrogen) atoms. The Morgan fingerprint density at radius 2 is 2.06 bits per heavy atom. The van der Waals surface area contributed by atoms with Gasteiger partial charge >= 0.3 is 0 Å². The molecule has 0 spiro atoms. The van der Waals surface area contributed by atoms with Crippen LogP contribution in [0.2, 0.25) is 0 Å². The van der Waals surface area contributed by atoms with Gasteiger partial charge in [-0.25, -0.2) is 9.37 Å². The Kier molecular flexibility index (Phi) is 6.36. The molecule has 6 nitrogen and oxygen atoms in total. The van der Waals surface area contributed by atoms with E-state index in [4.69, 9.17) is 4.74 Å². The maximum absolute atomic E-state index is 13.8. The van der Waals surface area contributed by atoms with E-state index in [1.54, 1.807) is 35.7 Å². The number of thiazole rings is 1. The molecule has 0 saturated carbocycles. The molecule has 0 saturated heterocycles. The Bertz CT molecular complexity index is 1440. The minimum atomic E-state index is -0.919. The smallest absolute Gasteiger partial charge is 0.296 e. The molecule has 0 fully saturated rings. The number of benzene rings is 2. The fourth-order valence-electron chi connectivity index (χ4n) is 3.99. The molecular formula is C26H21FN2O4S2. The van der Waals surface area contributed by atoms with Crippen LogP contribution in [0.5, 0.6) is 5.75 Å². The number of aliphatic hydroxyl groups excluding tert-OH is 1. The maximum atomic E-state index is 13.8. The number of aromatic nitrogens is 1. The molecule has 4 aromatic rings. The summed E-state index contributed by atoms with van der Waals surface area (Å²) < 4.78 is 20.2. The summed E-state index contributed by atoms with van der Waals surface area (Å²) in [5.74, 6) is -1.59. The number of aliphatic hydroxyl groups is 1. The van der Waals surface area contributed by atoms with Crippen molar-refractivity contribution in [2.75, 3.05) is 11.5 Å². The number of amides is 1. The SMILES string of the molecule is CCCCOc1cccc(C2C(C(=O)c3cccs3)=C(O)C(=O)N2c2nc3ccc(F)cc3s2)c1. The fraction of sp³-hybridized carbons (Fsp3) is 0.192. The van der Waals surface area contributed by atoms with E-state index in [2.05, 4.69) is 11.9 Å². The summed E-state index contributed by atoms with van der Waals surface area (Å²) in [4.78, 5) is 33.0. The number of fused-ring (bicyclic) bond motifs is 1. The van der Waals surface area contributed by atoms with Gasteiger partial charge in [0.25, 0.3) is 5.91 Å². The van der Waals surface area contributed by atoms with Crippen molar-refractivity contribution in [2.45, 2.75) is 25.8 Å². The average molecular weight is 509 g/mol. The van der Waals surface area contributed by atoms with E-state index >= 15 is 0 Å². The number of Topliss-reactive ketones (excluding diaryl/α,β-unsaturated/α-hetero) is 1. The van der Waals surface area contributed by atoms with E-state index < -0.39 is 29.3 Å². The summed E-state index contributed by atoms with van der Waals surface area (Å²) in [5, 5.41) is 12.9. The van der Waals surface area contributed by atoms with E-state index in [0.717, 1.165) is 24.2 Å². The monoisotopic (exact) mass is 508 g/mol. The first-order valence-corrected chi connectivity index (χ1v) is 12.8. The summed E-state index contributed by atoms with van der Waals surface area (Å²) in [6.07, 6.45) is 1.88. The Morgan fingerprint density at radius 3 is 2.83 bits per heavy atom. The standard InChI is InChI=1S/C26H21FN2O4S2/c1-2-3-11-33-17-7-4-6-15(13-17)22-21(23(30)19-8-5-12-34-19)24(31)25(32)29(22)26-28-18-10-9-16(27)14-20(18)35-26/h4-10,12-14,22,31H,2-3,11H2,1H3. The first-order valence-electron chi connectivity index (χ1n) is 11.1. The average Bonchev–Trinajstić information content (AvgIpc) is 3.58. The molecule has 1 atom stereocenters. The molecule has 1 N–H and O–H groups in total. The zero-order chi connectivity index (χ0) is 24.5. The van der Waals surface area contributed by atoms with Crippen molar-refractivity contribution in [2.24, 2.45) is 0 Å². The van der Waals surface area contributed by atoms with E-state index in [-0.39, 0.29) is 10.7 Å². The number of carbonyl (C=O) groups excluding carboxylic acids is 2. The largest absolute Gasteiger partial charge is 0.503 e. The van der Waals surface area contributed by atoms with Crippen LogP contribution in [0, 0.1) is 5.82 Å². The molecule has 5 rings (SSSR count). The van der Waals surface area contributed by atoms with E-state index in [1.807, 2.05) is 6.07 Å². The lowest BCUT2D eigenvalue weighted by molar-refractivity contribution is -0.117. The molecule has 3 heterocycles. The van der Waals surface area contributed by atoms with E-state index in [1.165, 1.54) is 34.4 Å². The fourth-order valence-corrected chi connectivity index (χ4v) is 5.68. The number of thiophene rings is 1. The quantitative estimate of drug-likeness (QED) is 0.218. The van der Waals surface area contributed by atoms with Crippen LogP contribution in [-0.4, -0.2) is 28.4 Å². The normalized spacial score (nSPS) is 15.9. The van der Waals surface area contributed by atoms with Crippen LogP contribution in [0.15, 0.2) is 71.3 Å². The molecule has 2 aromatic carbocycles. The summed E-state index contributed by atoms with van der Waals surface area (Å²) >= 11 is 2.35. The first kappa shape index (κ1) is 23.2. The zero-order valence-electron chi connectivity index (χ0n) is 18.7. The van der Waals surface area contributed by atoms with Gasteiger partial charge in [0.15, 0.2) is 10.9 Å². The van der Waals surface area contributed by atoms with Gasteiger partial charge in [-0.2, -0.15) is 0 Å². The van der Waals surface area contributed by atoms with Crippen LogP contribution >= 0.6 is 22.7 Å². The van der Waals surface area contributed by atoms with Crippen molar-refractivity contribution in [3.63, 3.8) is 0 Å². The molecule has 178 valence electrons. The summed E-state index contributed by atoms with van der Waals surface area (Å²) in [5.41, 5.74) is 1.10. The number of unbranched alkanes of at least 4 members (excludes halogenated alkanes) is 1. The predicted molar refractivity (Wildman–Crippen MR) is 135 cm³/mol. The molecule has 9 heteroatoms. The molecule has 1 unspecified atom stereocenters. The Balaban J connectivity index is 1.63. The van der Waals surface area contributed by atoms with Gasteiger partial charge in [-0.15, -0.1) is 11.3 Å². The van der Waals surface area contributed by atoms with Gasteiger partial charge in [0, 0.05) is 0 Å². The molecule has 0 aliphatic carbocycles. The van der Waals surface area contributed by atoms with E-state index in [9.17, 15) is 19.1 Å². The third kappa shape index (κ3) is 4.33. The lowest BCUT2D eigenvalue weighted by Crippen LogP contribution is -2.30. The summed E-state index contributed by atoms with van der Waals surface area (Å²) in [6.45, 7) is 2.61. The van der Waals surface area contributed by atoms with Crippen LogP contribution in [0.1, 0.15) is 41.0 Å². The lowest BCUT2D eigenvalue weighted by Gasteiger charge is -2.24. The van der Waals surface area contributed by atoms with Crippen molar-refractivity contribution >= 4 is 49.7 Å². The van der Waals surface area contributed by atoms with Crippen molar-refractivity contribution in [1.82, 2.24) is 4.98 Å². The van der Waals surface area contributed by atoms with E-state index in [0.29, 0.717) is 33.0 Å². The highest BCUT2D eigenvalue weighted by Crippen LogP contribution is 2.45. The number of ether oxygens (including phenoxy) is 1. The van der Waals surface area contributed by atoms with Gasteiger partial charge in [0.1, 0.15) is 11.6 Å². The molecule has 1 aliphatic rings. The lowest BCUT2D eigenvalue weighted by atomic mass is 9.95. The second-order valence-corrected chi connectivity index (χ2v) is 9.99. The number of halogens is 1. The minimum Gasteiger partial charge on any atom is -0.503 e. The van der Waals surface area contributed by atoms with Gasteiger partial charge in [-0.1, -0.05) is 42.9 Å². The zero-order valence-corrected chi connectivity index (χ0v) is 20.4. The number of hydrogen-bond donors (Lipinski definition) is 1. The Labute approximate surface area is 208 Å². The first-order chi connectivity index (χ1) is 17.0. The highest BCUT2D eigenvalue weighted by molar-refractivity contribution is 7.22.